The lowest BCUT2D eigenvalue weighted by Crippen LogP contribution is -2.46. The van der Waals surface area contributed by atoms with Gasteiger partial charge in [-0.25, -0.2) is 14.2 Å². The van der Waals surface area contributed by atoms with Crippen molar-refractivity contribution in [2.24, 2.45) is 0 Å². The van der Waals surface area contributed by atoms with Gasteiger partial charge in [-0.3, -0.25) is 14.4 Å². The number of halogens is 1. The Kier molecular flexibility index (Phi) is 10.0. The molecule has 2 rings (SSSR count). The highest BCUT2D eigenvalue weighted by Crippen LogP contribution is 2.10. The van der Waals surface area contributed by atoms with Crippen molar-refractivity contribution in [3.8, 4) is 0 Å². The Hall–Kier alpha value is -3.21. The first-order valence-electron chi connectivity index (χ1n) is 10.5. The average molecular weight is 479 g/mol. The van der Waals surface area contributed by atoms with Crippen molar-refractivity contribution in [3.05, 3.63) is 53.3 Å². The molecule has 3 N–H and O–H groups in total. The Morgan fingerprint density at radius 3 is 2.67 bits per heavy atom. The number of cyclic esters (lactones) is 1. The summed E-state index contributed by atoms with van der Waals surface area (Å²) in [4.78, 5) is 54.3. The maximum atomic E-state index is 14.2. The summed E-state index contributed by atoms with van der Waals surface area (Å²) < 4.78 is 19.6. The number of aromatic nitrogens is 1. The molecule has 0 aromatic carbocycles. The minimum Gasteiger partial charge on any atom is -0.456 e. The third-order valence-electron chi connectivity index (χ3n) is 4.68. The molecule has 2 heterocycles. The van der Waals surface area contributed by atoms with Crippen LogP contribution in [0.2, 0.25) is 0 Å². The molecule has 3 amide bonds. The molecule has 0 unspecified atom stereocenters. The van der Waals surface area contributed by atoms with Crippen LogP contribution in [0, 0.1) is 5.82 Å². The Morgan fingerprint density at radius 1 is 1.24 bits per heavy atom. The number of ether oxygens (including phenoxy) is 1. The molecule has 0 radical (unpaired) electrons. The van der Waals surface area contributed by atoms with Gasteiger partial charge in [-0.1, -0.05) is 19.1 Å². The number of pyridine rings is 1. The number of esters is 1. The summed E-state index contributed by atoms with van der Waals surface area (Å²) in [7, 11) is 0. The molecule has 178 valence electrons. The number of amides is 3. The molecule has 11 heteroatoms. The van der Waals surface area contributed by atoms with Gasteiger partial charge in [0.1, 0.15) is 29.4 Å². The molecule has 1 aromatic heterocycles. The van der Waals surface area contributed by atoms with Crippen LogP contribution >= 0.6 is 12.6 Å². The molecular weight excluding hydrogens is 451 g/mol. The first-order valence-corrected chi connectivity index (χ1v) is 11.1. The summed E-state index contributed by atoms with van der Waals surface area (Å²) in [5, 5.41) is 7.45. The van der Waals surface area contributed by atoms with Crippen LogP contribution in [0.1, 0.15) is 49.3 Å². The Balaban J connectivity index is 2.40. The number of carbonyl (C=O) groups is 4. The lowest BCUT2D eigenvalue weighted by Gasteiger charge is -2.21. The number of hydrogen-bond donors (Lipinski definition) is 4. The lowest BCUT2D eigenvalue weighted by atomic mass is 10.1. The molecule has 0 fully saturated rings. The molecular formula is C22H27FN4O5S. The molecule has 2 bridgehead atoms. The van der Waals surface area contributed by atoms with Gasteiger partial charge in [-0.2, -0.15) is 12.6 Å². The van der Waals surface area contributed by atoms with Crippen molar-refractivity contribution in [3.63, 3.8) is 0 Å². The van der Waals surface area contributed by atoms with Crippen LogP contribution in [0.25, 0.3) is 0 Å². The maximum Gasteiger partial charge on any atom is 0.329 e. The number of allylic oxidation sites excluding steroid dienone is 2. The van der Waals surface area contributed by atoms with E-state index in [1.165, 1.54) is 19.1 Å². The van der Waals surface area contributed by atoms with Crippen molar-refractivity contribution < 1.29 is 28.3 Å². The lowest BCUT2D eigenvalue weighted by molar-refractivity contribution is -0.151. The monoisotopic (exact) mass is 478 g/mol. The summed E-state index contributed by atoms with van der Waals surface area (Å²) in [6.07, 6.45) is 4.36. The van der Waals surface area contributed by atoms with Gasteiger partial charge in [-0.15, -0.1) is 0 Å². The van der Waals surface area contributed by atoms with Crippen molar-refractivity contribution in [1.82, 2.24) is 20.9 Å². The maximum absolute atomic E-state index is 14.2. The van der Waals surface area contributed by atoms with Crippen LogP contribution in [0.5, 0.6) is 0 Å². The van der Waals surface area contributed by atoms with E-state index in [4.69, 9.17) is 4.74 Å². The van der Waals surface area contributed by atoms with Gasteiger partial charge in [0.05, 0.1) is 18.7 Å². The fourth-order valence-corrected chi connectivity index (χ4v) is 3.03. The van der Waals surface area contributed by atoms with E-state index in [2.05, 4.69) is 33.6 Å². The van der Waals surface area contributed by atoms with Gasteiger partial charge < -0.3 is 20.7 Å². The molecule has 2 atom stereocenters. The highest BCUT2D eigenvalue weighted by Gasteiger charge is 2.26. The Bertz CT molecular complexity index is 966. The molecule has 0 aliphatic carbocycles. The summed E-state index contributed by atoms with van der Waals surface area (Å²) in [5.41, 5.74) is -0.400. The van der Waals surface area contributed by atoms with Crippen LogP contribution < -0.4 is 16.0 Å². The van der Waals surface area contributed by atoms with Crippen molar-refractivity contribution in [1.29, 1.82) is 0 Å². The highest BCUT2D eigenvalue weighted by atomic mass is 32.1. The minimum absolute atomic E-state index is 0.107. The van der Waals surface area contributed by atoms with Gasteiger partial charge in [0.25, 0.3) is 11.8 Å². The zero-order chi connectivity index (χ0) is 24.4. The van der Waals surface area contributed by atoms with Gasteiger partial charge in [0.15, 0.2) is 0 Å². The molecule has 9 nitrogen and oxygen atoms in total. The second-order valence-corrected chi connectivity index (χ2v) is 7.56. The van der Waals surface area contributed by atoms with E-state index < -0.39 is 41.7 Å². The first kappa shape index (κ1) is 26.0. The highest BCUT2D eigenvalue weighted by molar-refractivity contribution is 7.80. The average Bonchev–Trinajstić information content (AvgIpc) is 2.79. The summed E-state index contributed by atoms with van der Waals surface area (Å²) in [6.45, 7) is 2.94. The van der Waals surface area contributed by atoms with Gasteiger partial charge in [-0.05, 0) is 43.7 Å². The fourth-order valence-electron chi connectivity index (χ4n) is 2.88. The van der Waals surface area contributed by atoms with Crippen LogP contribution in [0.4, 0.5) is 4.39 Å². The third-order valence-corrected chi connectivity index (χ3v) is 4.94. The van der Waals surface area contributed by atoms with Crippen LogP contribution in [0.3, 0.4) is 0 Å². The molecule has 33 heavy (non-hydrogen) atoms. The van der Waals surface area contributed by atoms with Crippen LogP contribution in [-0.4, -0.2) is 46.6 Å². The van der Waals surface area contributed by atoms with E-state index in [1.807, 2.05) is 0 Å². The largest absolute Gasteiger partial charge is 0.456 e. The second kappa shape index (κ2) is 12.7. The normalized spacial score (nSPS) is 22.0. The number of hydrogen-bond acceptors (Lipinski definition) is 7. The van der Waals surface area contributed by atoms with Crippen molar-refractivity contribution >= 4 is 36.3 Å². The fraction of sp³-hybridized carbons (Fsp3) is 0.409. The van der Waals surface area contributed by atoms with E-state index in [1.54, 1.807) is 19.1 Å². The second-order valence-electron chi connectivity index (χ2n) is 7.11. The zero-order valence-corrected chi connectivity index (χ0v) is 19.3. The number of thiol groups is 1. The number of nitrogens with zero attached hydrogens (tertiary/aromatic N) is 1. The van der Waals surface area contributed by atoms with E-state index >= 15 is 0 Å². The number of nitrogens with one attached hydrogen (secondary N) is 3. The van der Waals surface area contributed by atoms with E-state index in [-0.39, 0.29) is 36.5 Å². The van der Waals surface area contributed by atoms with Gasteiger partial charge in [0.2, 0.25) is 5.91 Å². The standard InChI is InChI=1S/C22H27FN4O5S/c1-3-15-20(29)27-16(4-2)22(31)32-13(7-5-6-10-33)11-19(28)24-12-18-14(23)8-9-17(25-18)21(30)26-15/h3,5,7-9,13,16,33H,4,6,10-12H2,1-2H3,(H,24,28)(H,26,30)(H,27,29)/b7-5+,15-3-/t13-,16+/m1/s1. The summed E-state index contributed by atoms with van der Waals surface area (Å²) >= 11 is 4.12. The Morgan fingerprint density at radius 2 is 2.00 bits per heavy atom. The molecule has 0 spiro atoms. The molecule has 0 saturated heterocycles. The van der Waals surface area contributed by atoms with Crippen molar-refractivity contribution in [2.75, 3.05) is 5.75 Å². The predicted octanol–water partition coefficient (Wildman–Crippen LogP) is 1.56. The smallest absolute Gasteiger partial charge is 0.329 e. The van der Waals surface area contributed by atoms with E-state index in [0.717, 1.165) is 6.07 Å². The summed E-state index contributed by atoms with van der Waals surface area (Å²) in [6, 6.07) is 1.22. The molecule has 1 aliphatic heterocycles. The number of carbonyl (C=O) groups excluding carboxylic acids is 4. The molecule has 0 saturated carbocycles. The van der Waals surface area contributed by atoms with Gasteiger partial charge >= 0.3 is 5.97 Å². The molecule has 1 aliphatic rings. The minimum atomic E-state index is -1.00. The molecule has 1 aromatic rings. The van der Waals surface area contributed by atoms with Crippen LogP contribution in [0.15, 0.2) is 36.1 Å². The topological polar surface area (TPSA) is 126 Å². The van der Waals surface area contributed by atoms with E-state index in [9.17, 15) is 23.6 Å². The predicted molar refractivity (Wildman–Crippen MR) is 122 cm³/mol. The summed E-state index contributed by atoms with van der Waals surface area (Å²) in [5.74, 6) is -2.84. The van der Waals surface area contributed by atoms with E-state index in [0.29, 0.717) is 12.2 Å². The first-order chi connectivity index (χ1) is 15.8. The Labute approximate surface area is 196 Å². The zero-order valence-electron chi connectivity index (χ0n) is 18.4. The SMILES string of the molecule is C/C=C1\NC(=O)c2ccc(F)c(n2)CNC(=O)C[C@@H](/C=C/CCS)OC(=O)[C@H](CC)NC1=O. The van der Waals surface area contributed by atoms with Crippen LogP contribution in [-0.2, 0) is 25.7 Å². The quantitative estimate of drug-likeness (QED) is 0.225. The third kappa shape index (κ3) is 7.70. The number of rotatable bonds is 4. The van der Waals surface area contributed by atoms with Gasteiger partial charge in [0, 0.05) is 0 Å². The number of fused-ring (bicyclic) bond motifs is 2. The van der Waals surface area contributed by atoms with Crippen molar-refractivity contribution in [2.45, 2.75) is 51.8 Å².